The van der Waals surface area contributed by atoms with E-state index in [9.17, 15) is 14.3 Å². The molecule has 0 aliphatic carbocycles. The Labute approximate surface area is 150 Å². The van der Waals surface area contributed by atoms with E-state index in [1.165, 1.54) is 36.4 Å². The van der Waals surface area contributed by atoms with Gasteiger partial charge in [-0.3, -0.25) is 4.79 Å². The zero-order valence-electron chi connectivity index (χ0n) is 14.9. The SMILES string of the molecule is CCc1oc2c(C[NH+](C)C)c(O)ccc2c(=O)c1Oc1ccc(F)cc1. The van der Waals surface area contributed by atoms with Crippen LogP contribution in [0.25, 0.3) is 11.0 Å². The maximum Gasteiger partial charge on any atom is 0.235 e. The molecule has 0 atom stereocenters. The van der Waals surface area contributed by atoms with Crippen molar-refractivity contribution in [3.05, 3.63) is 63.8 Å². The van der Waals surface area contributed by atoms with Crippen LogP contribution in [0, 0.1) is 5.82 Å². The van der Waals surface area contributed by atoms with Crippen LogP contribution >= 0.6 is 0 Å². The van der Waals surface area contributed by atoms with E-state index >= 15 is 0 Å². The van der Waals surface area contributed by atoms with E-state index in [0.717, 1.165) is 4.90 Å². The van der Waals surface area contributed by atoms with Gasteiger partial charge in [0.2, 0.25) is 11.2 Å². The quantitative estimate of drug-likeness (QED) is 0.736. The Bertz CT molecular complexity index is 993. The van der Waals surface area contributed by atoms with Gasteiger partial charge >= 0.3 is 0 Å². The Balaban J connectivity index is 2.19. The number of aromatic hydroxyl groups is 1. The molecule has 1 heterocycles. The lowest BCUT2D eigenvalue weighted by Gasteiger charge is -2.14. The van der Waals surface area contributed by atoms with Gasteiger partial charge in [-0.25, -0.2) is 4.39 Å². The summed E-state index contributed by atoms with van der Waals surface area (Å²) in [6, 6.07) is 8.46. The molecule has 0 spiro atoms. The molecule has 2 N–H and O–H groups in total. The summed E-state index contributed by atoms with van der Waals surface area (Å²) in [6.07, 6.45) is 0.436. The second-order valence-electron chi connectivity index (χ2n) is 6.42. The molecule has 136 valence electrons. The summed E-state index contributed by atoms with van der Waals surface area (Å²) in [5.74, 6) is 0.526. The van der Waals surface area contributed by atoms with Gasteiger partial charge in [0.15, 0.2) is 11.3 Å². The van der Waals surface area contributed by atoms with Crippen LogP contribution in [0.15, 0.2) is 45.6 Å². The van der Waals surface area contributed by atoms with Gasteiger partial charge in [-0.1, -0.05) is 6.92 Å². The fourth-order valence-electron chi connectivity index (χ4n) is 2.81. The van der Waals surface area contributed by atoms with E-state index in [4.69, 9.17) is 9.15 Å². The molecule has 1 aromatic heterocycles. The average Bonchev–Trinajstić information content (AvgIpc) is 2.61. The number of nitrogens with one attached hydrogen (secondary N) is 1. The van der Waals surface area contributed by atoms with E-state index < -0.39 is 0 Å². The summed E-state index contributed by atoms with van der Waals surface area (Å²) in [7, 11) is 3.90. The first-order chi connectivity index (χ1) is 12.4. The fourth-order valence-corrected chi connectivity index (χ4v) is 2.81. The number of phenols is 1. The molecule has 0 fully saturated rings. The molecule has 6 heteroatoms. The van der Waals surface area contributed by atoms with Crippen molar-refractivity contribution in [3.63, 3.8) is 0 Å². The molecule has 0 aliphatic heterocycles. The molecular formula is C20H21FNO4+. The number of benzene rings is 2. The largest absolute Gasteiger partial charge is 0.507 e. The Morgan fingerprint density at radius 1 is 1.15 bits per heavy atom. The van der Waals surface area contributed by atoms with Gasteiger partial charge in [-0.2, -0.15) is 0 Å². The monoisotopic (exact) mass is 358 g/mol. The second kappa shape index (κ2) is 7.17. The van der Waals surface area contributed by atoms with Crippen molar-refractivity contribution in [2.24, 2.45) is 0 Å². The molecule has 2 aromatic carbocycles. The minimum atomic E-state index is -0.384. The summed E-state index contributed by atoms with van der Waals surface area (Å²) in [4.78, 5) is 14.1. The maximum atomic E-state index is 13.1. The number of fused-ring (bicyclic) bond motifs is 1. The third kappa shape index (κ3) is 3.41. The van der Waals surface area contributed by atoms with E-state index in [-0.39, 0.29) is 22.7 Å². The number of hydrogen-bond acceptors (Lipinski definition) is 4. The standard InChI is InChI=1S/C20H20FNO4/c1-4-17-20(25-13-7-5-12(21)6-8-13)18(24)14-9-10-16(23)15(11-22(2)3)19(14)26-17/h5-10,23H,4,11H2,1-3H3/p+1. The van der Waals surface area contributed by atoms with E-state index in [1.54, 1.807) is 0 Å². The molecule has 0 amide bonds. The molecule has 0 aliphatic rings. The highest BCUT2D eigenvalue weighted by Crippen LogP contribution is 2.31. The van der Waals surface area contributed by atoms with Crippen LogP contribution in [-0.4, -0.2) is 19.2 Å². The van der Waals surface area contributed by atoms with Crippen molar-refractivity contribution in [2.45, 2.75) is 19.9 Å². The van der Waals surface area contributed by atoms with Gasteiger partial charge in [0.1, 0.15) is 23.9 Å². The van der Waals surface area contributed by atoms with Gasteiger partial charge in [0.05, 0.1) is 25.0 Å². The third-order valence-electron chi connectivity index (χ3n) is 4.05. The van der Waals surface area contributed by atoms with Crippen molar-refractivity contribution in [3.8, 4) is 17.2 Å². The van der Waals surface area contributed by atoms with Gasteiger partial charge in [-0.05, 0) is 36.4 Å². The molecule has 3 aromatic rings. The maximum absolute atomic E-state index is 13.1. The number of aryl methyl sites for hydroxylation is 1. The van der Waals surface area contributed by atoms with E-state index in [2.05, 4.69) is 0 Å². The summed E-state index contributed by atoms with van der Waals surface area (Å²) in [5, 5.41) is 10.5. The number of phenolic OH excluding ortho intramolecular Hbond substituents is 1. The topological polar surface area (TPSA) is 64.1 Å². The van der Waals surface area contributed by atoms with Crippen molar-refractivity contribution in [1.82, 2.24) is 0 Å². The molecule has 5 nitrogen and oxygen atoms in total. The van der Waals surface area contributed by atoms with Crippen molar-refractivity contribution >= 4 is 11.0 Å². The minimum absolute atomic E-state index is 0.0837. The average molecular weight is 358 g/mol. The van der Waals surface area contributed by atoms with Crippen molar-refractivity contribution in [1.29, 1.82) is 0 Å². The highest BCUT2D eigenvalue weighted by Gasteiger charge is 2.20. The van der Waals surface area contributed by atoms with Crippen LogP contribution in [0.4, 0.5) is 4.39 Å². The smallest absolute Gasteiger partial charge is 0.235 e. The highest BCUT2D eigenvalue weighted by atomic mass is 19.1. The summed E-state index contributed by atoms with van der Waals surface area (Å²) in [5.41, 5.74) is 0.643. The second-order valence-corrected chi connectivity index (χ2v) is 6.42. The number of rotatable bonds is 5. The molecule has 0 unspecified atom stereocenters. The van der Waals surface area contributed by atoms with Crippen LogP contribution in [0.1, 0.15) is 18.2 Å². The number of ether oxygens (including phenoxy) is 1. The van der Waals surface area contributed by atoms with Crippen molar-refractivity contribution < 1.29 is 23.6 Å². The molecular weight excluding hydrogens is 337 g/mol. The van der Waals surface area contributed by atoms with E-state index in [0.29, 0.717) is 41.0 Å². The zero-order valence-corrected chi connectivity index (χ0v) is 14.9. The first-order valence-corrected chi connectivity index (χ1v) is 8.43. The lowest BCUT2D eigenvalue weighted by molar-refractivity contribution is -0.872. The van der Waals surface area contributed by atoms with Crippen LogP contribution in [0.3, 0.4) is 0 Å². The Morgan fingerprint density at radius 2 is 1.85 bits per heavy atom. The van der Waals surface area contributed by atoms with E-state index in [1.807, 2.05) is 21.0 Å². The first kappa shape index (κ1) is 17.9. The number of hydrogen-bond donors (Lipinski definition) is 2. The van der Waals surface area contributed by atoms with Crippen LogP contribution < -0.4 is 15.1 Å². The van der Waals surface area contributed by atoms with Crippen LogP contribution in [0.5, 0.6) is 17.2 Å². The number of quaternary nitrogens is 1. The van der Waals surface area contributed by atoms with Gasteiger partial charge < -0.3 is 19.2 Å². The molecule has 26 heavy (non-hydrogen) atoms. The first-order valence-electron chi connectivity index (χ1n) is 8.43. The molecule has 0 saturated carbocycles. The molecule has 0 bridgehead atoms. The summed E-state index contributed by atoms with van der Waals surface area (Å²) in [6.45, 7) is 2.36. The zero-order chi connectivity index (χ0) is 18.8. The number of halogens is 1. The summed E-state index contributed by atoms with van der Waals surface area (Å²) >= 11 is 0. The van der Waals surface area contributed by atoms with Gasteiger partial charge in [-0.15, -0.1) is 0 Å². The molecule has 3 rings (SSSR count). The Kier molecular flexibility index (Phi) is 4.95. The van der Waals surface area contributed by atoms with Crippen molar-refractivity contribution in [2.75, 3.05) is 14.1 Å². The lowest BCUT2D eigenvalue weighted by Crippen LogP contribution is -3.04. The molecule has 0 saturated heterocycles. The Hall–Kier alpha value is -2.86. The molecule has 0 radical (unpaired) electrons. The van der Waals surface area contributed by atoms with Crippen LogP contribution in [-0.2, 0) is 13.0 Å². The Morgan fingerprint density at radius 3 is 2.46 bits per heavy atom. The normalized spacial score (nSPS) is 11.3. The predicted octanol–water partition coefficient (Wildman–Crippen LogP) is 2.64. The fraction of sp³-hybridized carbons (Fsp3) is 0.250. The van der Waals surface area contributed by atoms with Crippen LogP contribution in [0.2, 0.25) is 0 Å². The lowest BCUT2D eigenvalue weighted by atomic mass is 10.1. The highest BCUT2D eigenvalue weighted by molar-refractivity contribution is 5.83. The van der Waals surface area contributed by atoms with Gasteiger partial charge in [0, 0.05) is 6.42 Å². The van der Waals surface area contributed by atoms with Gasteiger partial charge in [0.25, 0.3) is 0 Å². The predicted molar refractivity (Wildman–Crippen MR) is 96.5 cm³/mol. The minimum Gasteiger partial charge on any atom is -0.507 e. The summed E-state index contributed by atoms with van der Waals surface area (Å²) < 4.78 is 24.7. The third-order valence-corrected chi connectivity index (χ3v) is 4.05.